The molecule has 1 rings (SSSR count). The number of hydrogen-bond acceptors (Lipinski definition) is 2. The van der Waals surface area contributed by atoms with Crippen LogP contribution in [-0.4, -0.2) is 25.3 Å². The van der Waals surface area contributed by atoms with Gasteiger partial charge in [0.25, 0.3) is 0 Å². The first-order valence-electron chi connectivity index (χ1n) is 7.59. The van der Waals surface area contributed by atoms with Gasteiger partial charge in [0.2, 0.25) is 0 Å². The summed E-state index contributed by atoms with van der Waals surface area (Å²) in [7, 11) is 0. The van der Waals surface area contributed by atoms with Crippen molar-refractivity contribution >= 4 is 0 Å². The Labute approximate surface area is 108 Å². The molecule has 0 aromatic carbocycles. The number of ether oxygens (including phenoxy) is 1. The summed E-state index contributed by atoms with van der Waals surface area (Å²) in [4.78, 5) is 0. The lowest BCUT2D eigenvalue weighted by molar-refractivity contribution is 0.0696. The number of rotatable bonds is 8. The van der Waals surface area contributed by atoms with Gasteiger partial charge in [-0.15, -0.1) is 0 Å². The second-order valence-corrected chi connectivity index (χ2v) is 5.52. The molecule has 0 spiro atoms. The summed E-state index contributed by atoms with van der Waals surface area (Å²) in [6, 6.07) is 0.655. The zero-order valence-electron chi connectivity index (χ0n) is 12.2. The van der Waals surface area contributed by atoms with E-state index < -0.39 is 0 Å². The second-order valence-electron chi connectivity index (χ2n) is 5.52. The number of hydrogen-bond donors (Lipinski definition) is 1. The van der Waals surface area contributed by atoms with Gasteiger partial charge in [-0.05, 0) is 38.1 Å². The van der Waals surface area contributed by atoms with Crippen LogP contribution in [0.1, 0.15) is 59.8 Å². The Bertz CT molecular complexity index is 195. The molecule has 4 atom stereocenters. The van der Waals surface area contributed by atoms with Gasteiger partial charge in [-0.25, -0.2) is 0 Å². The van der Waals surface area contributed by atoms with Gasteiger partial charge in [-0.3, -0.25) is 0 Å². The minimum atomic E-state index is 0.490. The predicted molar refractivity (Wildman–Crippen MR) is 74.3 cm³/mol. The normalized spacial score (nSPS) is 28.2. The van der Waals surface area contributed by atoms with Crippen molar-refractivity contribution in [3.63, 3.8) is 0 Å². The van der Waals surface area contributed by atoms with E-state index in [0.717, 1.165) is 31.4 Å². The SMILES string of the molecule is CCCNC(C(C)CCC)C1CCOC1CC. The van der Waals surface area contributed by atoms with E-state index in [9.17, 15) is 0 Å². The fraction of sp³-hybridized carbons (Fsp3) is 1.00. The Morgan fingerprint density at radius 2 is 2.00 bits per heavy atom. The van der Waals surface area contributed by atoms with E-state index in [4.69, 9.17) is 4.74 Å². The smallest absolute Gasteiger partial charge is 0.0616 e. The third-order valence-corrected chi connectivity index (χ3v) is 4.11. The molecule has 1 heterocycles. The van der Waals surface area contributed by atoms with Gasteiger partial charge in [-0.1, -0.05) is 34.1 Å². The van der Waals surface area contributed by atoms with Crippen molar-refractivity contribution in [1.29, 1.82) is 0 Å². The van der Waals surface area contributed by atoms with E-state index in [0.29, 0.717) is 12.1 Å². The fourth-order valence-electron chi connectivity index (χ4n) is 3.22. The summed E-state index contributed by atoms with van der Waals surface area (Å²) in [5.74, 6) is 1.50. The average Bonchev–Trinajstić information content (AvgIpc) is 2.78. The van der Waals surface area contributed by atoms with Crippen LogP contribution in [0.2, 0.25) is 0 Å². The second kappa shape index (κ2) is 8.10. The van der Waals surface area contributed by atoms with Crippen LogP contribution in [0.25, 0.3) is 0 Å². The molecule has 1 fully saturated rings. The van der Waals surface area contributed by atoms with Gasteiger partial charge in [0.1, 0.15) is 0 Å². The lowest BCUT2D eigenvalue weighted by Crippen LogP contribution is -2.44. The monoisotopic (exact) mass is 241 g/mol. The van der Waals surface area contributed by atoms with Crippen molar-refractivity contribution in [2.75, 3.05) is 13.2 Å². The maximum atomic E-state index is 5.86. The summed E-state index contributed by atoms with van der Waals surface area (Å²) in [5, 5.41) is 3.78. The third-order valence-electron chi connectivity index (χ3n) is 4.11. The summed E-state index contributed by atoms with van der Waals surface area (Å²) < 4.78 is 5.86. The highest BCUT2D eigenvalue weighted by Crippen LogP contribution is 2.31. The Hall–Kier alpha value is -0.0800. The molecule has 0 aromatic heterocycles. The Balaban J connectivity index is 2.60. The standard InChI is InChI=1S/C15H31NO/c1-5-8-12(4)15(16-10-6-2)13-9-11-17-14(13)7-3/h12-16H,5-11H2,1-4H3. The largest absolute Gasteiger partial charge is 0.378 e. The average molecular weight is 241 g/mol. The maximum Gasteiger partial charge on any atom is 0.0616 e. The van der Waals surface area contributed by atoms with E-state index in [1.165, 1.54) is 25.7 Å². The van der Waals surface area contributed by atoms with E-state index in [1.807, 2.05) is 0 Å². The van der Waals surface area contributed by atoms with Crippen molar-refractivity contribution in [2.24, 2.45) is 11.8 Å². The molecule has 1 saturated heterocycles. The van der Waals surface area contributed by atoms with Gasteiger partial charge in [-0.2, -0.15) is 0 Å². The van der Waals surface area contributed by atoms with E-state index in [-0.39, 0.29) is 0 Å². The number of nitrogens with one attached hydrogen (secondary N) is 1. The molecule has 4 unspecified atom stereocenters. The molecule has 17 heavy (non-hydrogen) atoms. The molecule has 102 valence electrons. The van der Waals surface area contributed by atoms with E-state index >= 15 is 0 Å². The molecule has 0 aliphatic carbocycles. The van der Waals surface area contributed by atoms with Crippen LogP contribution in [0.15, 0.2) is 0 Å². The van der Waals surface area contributed by atoms with Crippen LogP contribution in [0, 0.1) is 11.8 Å². The van der Waals surface area contributed by atoms with Crippen molar-refractivity contribution in [1.82, 2.24) is 5.32 Å². The molecule has 2 heteroatoms. The van der Waals surface area contributed by atoms with Crippen LogP contribution in [-0.2, 0) is 4.74 Å². The summed E-state index contributed by atoms with van der Waals surface area (Å²) in [6.45, 7) is 11.3. The van der Waals surface area contributed by atoms with E-state index in [1.54, 1.807) is 0 Å². The fourth-order valence-corrected chi connectivity index (χ4v) is 3.22. The topological polar surface area (TPSA) is 21.3 Å². The zero-order chi connectivity index (χ0) is 12.7. The molecule has 1 aliphatic rings. The van der Waals surface area contributed by atoms with Crippen LogP contribution in [0.5, 0.6) is 0 Å². The van der Waals surface area contributed by atoms with Crippen molar-refractivity contribution in [2.45, 2.75) is 71.9 Å². The van der Waals surface area contributed by atoms with Gasteiger partial charge in [0.05, 0.1) is 6.10 Å². The predicted octanol–water partition coefficient (Wildman–Crippen LogP) is 3.61. The highest BCUT2D eigenvalue weighted by atomic mass is 16.5. The zero-order valence-corrected chi connectivity index (χ0v) is 12.2. The first-order chi connectivity index (χ1) is 8.24. The lowest BCUT2D eigenvalue weighted by Gasteiger charge is -2.33. The van der Waals surface area contributed by atoms with Crippen LogP contribution in [0.4, 0.5) is 0 Å². The van der Waals surface area contributed by atoms with Gasteiger partial charge < -0.3 is 10.1 Å². The highest BCUT2D eigenvalue weighted by molar-refractivity contribution is 4.88. The van der Waals surface area contributed by atoms with Crippen molar-refractivity contribution in [3.05, 3.63) is 0 Å². The summed E-state index contributed by atoms with van der Waals surface area (Å²) in [5.41, 5.74) is 0. The molecule has 0 saturated carbocycles. The molecule has 0 bridgehead atoms. The molecule has 0 radical (unpaired) electrons. The molecule has 2 nitrogen and oxygen atoms in total. The van der Waals surface area contributed by atoms with Crippen LogP contribution in [0.3, 0.4) is 0 Å². The van der Waals surface area contributed by atoms with Gasteiger partial charge in [0.15, 0.2) is 0 Å². The summed E-state index contributed by atoms with van der Waals surface area (Å²) >= 11 is 0. The van der Waals surface area contributed by atoms with Crippen LogP contribution >= 0.6 is 0 Å². The minimum absolute atomic E-state index is 0.490. The van der Waals surface area contributed by atoms with Crippen LogP contribution < -0.4 is 5.32 Å². The molecule has 0 aromatic rings. The van der Waals surface area contributed by atoms with E-state index in [2.05, 4.69) is 33.0 Å². The molecule has 1 aliphatic heterocycles. The van der Waals surface area contributed by atoms with Gasteiger partial charge in [0, 0.05) is 18.6 Å². The Morgan fingerprint density at radius 1 is 1.24 bits per heavy atom. The minimum Gasteiger partial charge on any atom is -0.378 e. The van der Waals surface area contributed by atoms with Crippen molar-refractivity contribution < 1.29 is 4.74 Å². The van der Waals surface area contributed by atoms with Crippen molar-refractivity contribution in [3.8, 4) is 0 Å². The lowest BCUT2D eigenvalue weighted by atomic mass is 9.82. The summed E-state index contributed by atoms with van der Waals surface area (Å²) in [6.07, 6.45) is 6.73. The molecular weight excluding hydrogens is 210 g/mol. The Morgan fingerprint density at radius 3 is 2.59 bits per heavy atom. The highest BCUT2D eigenvalue weighted by Gasteiger charge is 2.35. The molecule has 0 amide bonds. The van der Waals surface area contributed by atoms with Gasteiger partial charge >= 0.3 is 0 Å². The first-order valence-corrected chi connectivity index (χ1v) is 7.59. The Kier molecular flexibility index (Phi) is 7.14. The first kappa shape index (κ1) is 15.0. The third kappa shape index (κ3) is 4.26. The molecular formula is C15H31NO. The molecule has 1 N–H and O–H groups in total. The quantitative estimate of drug-likeness (QED) is 0.701. The maximum absolute atomic E-state index is 5.86.